The van der Waals surface area contributed by atoms with Gasteiger partial charge in [-0.1, -0.05) is 42.5 Å². The van der Waals surface area contributed by atoms with Gasteiger partial charge in [-0.15, -0.1) is 0 Å². The van der Waals surface area contributed by atoms with Crippen molar-refractivity contribution in [1.82, 2.24) is 14.9 Å². The Morgan fingerprint density at radius 3 is 2.31 bits per heavy atom. The second kappa shape index (κ2) is 13.9. The number of aliphatic carboxylic acids is 2. The summed E-state index contributed by atoms with van der Waals surface area (Å²) in [5.74, 6) is -3.65. The molecule has 2 heterocycles. The fourth-order valence-electron chi connectivity index (χ4n) is 4.86. The zero-order chi connectivity index (χ0) is 32.7. The molecule has 0 spiro atoms. The fraction of sp³-hybridized carbons (Fsp3) is 0.258. The number of aromatic amines is 1. The Kier molecular flexibility index (Phi) is 10.1. The lowest BCUT2D eigenvalue weighted by Crippen LogP contribution is -2.41. The number of carbonyl (C=O) groups is 4. The number of anilines is 3. The van der Waals surface area contributed by atoms with Crippen molar-refractivity contribution in [2.45, 2.75) is 37.9 Å². The molecule has 1 aliphatic heterocycles. The average molecular weight is 626 g/mol. The van der Waals surface area contributed by atoms with E-state index in [2.05, 4.69) is 15.3 Å². The minimum absolute atomic E-state index is 0.0484. The zero-order valence-electron chi connectivity index (χ0n) is 24.0. The van der Waals surface area contributed by atoms with Gasteiger partial charge in [0.25, 0.3) is 0 Å². The van der Waals surface area contributed by atoms with Gasteiger partial charge in [0.2, 0.25) is 17.8 Å². The van der Waals surface area contributed by atoms with E-state index in [1.165, 1.54) is 4.90 Å². The number of carbonyl (C=O) groups excluding carboxylic acids is 2. The molecule has 236 valence electrons. The number of aromatic nitrogens is 2. The lowest BCUT2D eigenvalue weighted by molar-refractivity contribution is -0.192. The molecule has 2 amide bonds. The molecule has 4 aromatic rings. The molecule has 4 N–H and O–H groups in total. The summed E-state index contributed by atoms with van der Waals surface area (Å²) in [6.07, 6.45) is -4.49. The minimum atomic E-state index is -5.08. The number of likely N-dealkylation sites (N-methyl/N-ethyl adjacent to an activating group) is 1. The number of rotatable bonds is 8. The highest BCUT2D eigenvalue weighted by atomic mass is 19.4. The number of amides is 2. The van der Waals surface area contributed by atoms with E-state index < -0.39 is 18.1 Å². The first-order valence-electron chi connectivity index (χ1n) is 13.8. The second-order valence-corrected chi connectivity index (χ2v) is 10.3. The summed E-state index contributed by atoms with van der Waals surface area (Å²) < 4.78 is 31.7. The van der Waals surface area contributed by atoms with Gasteiger partial charge in [-0.05, 0) is 53.8 Å². The van der Waals surface area contributed by atoms with E-state index in [9.17, 15) is 32.7 Å². The number of carboxylic acids is 2. The molecular formula is C31H30F3N5O6. The Labute approximate surface area is 255 Å². The number of benzene rings is 3. The van der Waals surface area contributed by atoms with Crippen LogP contribution in [-0.2, 0) is 25.7 Å². The number of nitrogens with one attached hydrogen (secondary N) is 2. The summed E-state index contributed by atoms with van der Waals surface area (Å²) in [6, 6.07) is 22.8. The van der Waals surface area contributed by atoms with Gasteiger partial charge in [-0.25, -0.2) is 9.78 Å². The van der Waals surface area contributed by atoms with Crippen LogP contribution in [0.15, 0.2) is 72.8 Å². The number of H-pyrrole nitrogens is 1. The van der Waals surface area contributed by atoms with Crippen LogP contribution in [0.4, 0.5) is 30.5 Å². The first kappa shape index (κ1) is 32.5. The maximum Gasteiger partial charge on any atom is 0.490 e. The predicted octanol–water partition coefficient (Wildman–Crippen LogP) is 5.28. The van der Waals surface area contributed by atoms with Gasteiger partial charge in [-0.2, -0.15) is 13.2 Å². The van der Waals surface area contributed by atoms with Crippen molar-refractivity contribution in [3.05, 3.63) is 83.9 Å². The molecule has 0 saturated carbocycles. The van der Waals surface area contributed by atoms with Crippen molar-refractivity contribution in [3.63, 3.8) is 0 Å². The number of nitrogens with zero attached hydrogens (tertiary/aromatic N) is 3. The van der Waals surface area contributed by atoms with E-state index in [0.29, 0.717) is 24.6 Å². The van der Waals surface area contributed by atoms with Gasteiger partial charge in [-0.3, -0.25) is 14.4 Å². The highest BCUT2D eigenvalue weighted by molar-refractivity contribution is 6.00. The molecule has 0 aliphatic carbocycles. The molecule has 11 nitrogen and oxygen atoms in total. The third kappa shape index (κ3) is 8.59. The van der Waals surface area contributed by atoms with Crippen molar-refractivity contribution in [2.24, 2.45) is 0 Å². The van der Waals surface area contributed by atoms with Crippen molar-refractivity contribution in [3.8, 4) is 0 Å². The molecule has 0 radical (unpaired) electrons. The van der Waals surface area contributed by atoms with Crippen LogP contribution in [0, 0.1) is 0 Å². The van der Waals surface area contributed by atoms with E-state index in [4.69, 9.17) is 9.90 Å². The smallest absolute Gasteiger partial charge is 0.481 e. The van der Waals surface area contributed by atoms with Crippen LogP contribution in [0.1, 0.15) is 36.3 Å². The molecule has 0 fully saturated rings. The number of hydrogen-bond acceptors (Lipinski definition) is 6. The molecule has 1 atom stereocenters. The zero-order valence-corrected chi connectivity index (χ0v) is 24.0. The number of imidazole rings is 1. The molecule has 14 heteroatoms. The Bertz CT molecular complexity index is 1660. The lowest BCUT2D eigenvalue weighted by atomic mass is 9.91. The van der Waals surface area contributed by atoms with E-state index in [1.54, 1.807) is 24.1 Å². The molecule has 45 heavy (non-hydrogen) atoms. The molecule has 0 saturated heterocycles. The predicted molar refractivity (Wildman–Crippen MR) is 159 cm³/mol. The van der Waals surface area contributed by atoms with Crippen LogP contribution in [0.3, 0.4) is 0 Å². The van der Waals surface area contributed by atoms with Gasteiger partial charge < -0.3 is 30.3 Å². The van der Waals surface area contributed by atoms with E-state index >= 15 is 0 Å². The van der Waals surface area contributed by atoms with Gasteiger partial charge in [0.1, 0.15) is 6.54 Å². The van der Waals surface area contributed by atoms with Crippen LogP contribution in [0.2, 0.25) is 0 Å². The maximum absolute atomic E-state index is 13.1. The van der Waals surface area contributed by atoms with Gasteiger partial charge in [0, 0.05) is 31.4 Å². The monoisotopic (exact) mass is 625 g/mol. The Morgan fingerprint density at radius 2 is 1.67 bits per heavy atom. The third-order valence-corrected chi connectivity index (χ3v) is 7.08. The number of carboxylic acid groups (broad SMARTS) is 2. The molecule has 3 aromatic carbocycles. The highest BCUT2D eigenvalue weighted by Crippen LogP contribution is 2.36. The topological polar surface area (TPSA) is 156 Å². The summed E-state index contributed by atoms with van der Waals surface area (Å²) in [4.78, 5) is 57.2. The van der Waals surface area contributed by atoms with Crippen molar-refractivity contribution < 1.29 is 42.6 Å². The van der Waals surface area contributed by atoms with Gasteiger partial charge >= 0.3 is 18.1 Å². The Morgan fingerprint density at radius 1 is 1.02 bits per heavy atom. The quantitative estimate of drug-likeness (QED) is 0.206. The largest absolute Gasteiger partial charge is 0.490 e. The molecule has 1 unspecified atom stereocenters. The summed E-state index contributed by atoms with van der Waals surface area (Å²) in [6.45, 7) is 0.285. The van der Waals surface area contributed by atoms with Gasteiger partial charge in [0.05, 0.1) is 17.5 Å². The first-order valence-corrected chi connectivity index (χ1v) is 13.8. The standard InChI is InChI=1S/C29H29N5O4.C2HF3O2/c1-33(17-19-10-13-21(14-11-19)30-29-31-23-7-3-4-8-24(23)32-29)27(36)18-34-25-9-5-2-6-22(25)20(16-28(37)38)12-15-26(34)35;3-2(4,5)1(6)7/h2-11,13-14,20H,12,15-18H2,1H3,(H,37,38)(H2,30,31,32);(H,6,7). The average Bonchev–Trinajstić information content (AvgIpc) is 3.35. The van der Waals surface area contributed by atoms with Crippen molar-refractivity contribution in [2.75, 3.05) is 23.8 Å². The fourth-order valence-corrected chi connectivity index (χ4v) is 4.86. The third-order valence-electron chi connectivity index (χ3n) is 7.08. The van der Waals surface area contributed by atoms with Crippen molar-refractivity contribution in [1.29, 1.82) is 0 Å². The van der Waals surface area contributed by atoms with Crippen LogP contribution in [-0.4, -0.2) is 68.6 Å². The maximum atomic E-state index is 13.1. The molecule has 1 aliphatic rings. The van der Waals surface area contributed by atoms with Gasteiger partial charge in [0.15, 0.2) is 0 Å². The number of fused-ring (bicyclic) bond motifs is 2. The van der Waals surface area contributed by atoms with Crippen LogP contribution in [0.5, 0.6) is 0 Å². The lowest BCUT2D eigenvalue weighted by Gasteiger charge is -2.26. The summed E-state index contributed by atoms with van der Waals surface area (Å²) in [5, 5.41) is 19.7. The summed E-state index contributed by atoms with van der Waals surface area (Å²) in [7, 11) is 1.71. The molecule has 5 rings (SSSR count). The second-order valence-electron chi connectivity index (χ2n) is 10.3. The summed E-state index contributed by atoms with van der Waals surface area (Å²) >= 11 is 0. The number of halogens is 3. The van der Waals surface area contributed by atoms with Crippen molar-refractivity contribution >= 4 is 52.1 Å². The molecular weight excluding hydrogens is 595 g/mol. The van der Waals surface area contributed by atoms with E-state index in [1.807, 2.05) is 60.7 Å². The Balaban J connectivity index is 0.000000591. The number of hydrogen-bond donors (Lipinski definition) is 4. The van der Waals surface area contributed by atoms with E-state index in [0.717, 1.165) is 27.8 Å². The van der Waals surface area contributed by atoms with E-state index in [-0.39, 0.29) is 37.1 Å². The molecule has 0 bridgehead atoms. The first-order chi connectivity index (χ1) is 21.3. The van der Waals surface area contributed by atoms with Crippen LogP contribution < -0.4 is 10.2 Å². The Hall–Kier alpha value is -5.40. The number of alkyl halides is 3. The highest BCUT2D eigenvalue weighted by Gasteiger charge is 2.38. The SMILES string of the molecule is CN(Cc1ccc(Nc2nc3ccccc3[nH]2)cc1)C(=O)CN1C(=O)CCC(CC(=O)O)c2ccccc21.O=C(O)C(F)(F)F. The normalized spacial score (nSPS) is 14.5. The number of para-hydroxylation sites is 3. The van der Waals surface area contributed by atoms with Crippen LogP contribution >= 0.6 is 0 Å². The van der Waals surface area contributed by atoms with Crippen LogP contribution in [0.25, 0.3) is 11.0 Å². The minimum Gasteiger partial charge on any atom is -0.481 e. The summed E-state index contributed by atoms with van der Waals surface area (Å²) in [5.41, 5.74) is 5.06. The molecule has 1 aromatic heterocycles.